The lowest BCUT2D eigenvalue weighted by atomic mass is 10.1. The average Bonchev–Trinajstić information content (AvgIpc) is 3.14. The topological polar surface area (TPSA) is 116 Å². The third-order valence-electron chi connectivity index (χ3n) is 7.21. The SMILES string of the molecule is O=C(NCc1ccccc1)/C(=C\c1ccc(/C=C(/NC(=O)c2ccccc2)C(=O)NCc2ccccc2)cc1)NC(=O)c1ccccc1. The Kier molecular flexibility index (Phi) is 11.4. The van der Waals surface area contributed by atoms with E-state index in [1.54, 1.807) is 84.9 Å². The molecule has 0 spiro atoms. The molecule has 0 radical (unpaired) electrons. The molecular formula is C40H34N4O4. The van der Waals surface area contributed by atoms with Crippen molar-refractivity contribution in [3.05, 3.63) is 190 Å². The summed E-state index contributed by atoms with van der Waals surface area (Å²) in [6.45, 7) is 0.567. The molecule has 4 amide bonds. The van der Waals surface area contributed by atoms with E-state index in [0.29, 0.717) is 22.3 Å². The van der Waals surface area contributed by atoms with Crippen LogP contribution in [0.2, 0.25) is 0 Å². The van der Waals surface area contributed by atoms with Gasteiger partial charge in [0, 0.05) is 24.2 Å². The Hall–Kier alpha value is -6.54. The first-order valence-electron chi connectivity index (χ1n) is 15.3. The highest BCUT2D eigenvalue weighted by Crippen LogP contribution is 2.13. The summed E-state index contributed by atoms with van der Waals surface area (Å²) < 4.78 is 0. The normalized spacial score (nSPS) is 11.2. The van der Waals surface area contributed by atoms with Crippen LogP contribution in [-0.2, 0) is 22.7 Å². The second kappa shape index (κ2) is 16.7. The van der Waals surface area contributed by atoms with E-state index in [0.717, 1.165) is 11.1 Å². The van der Waals surface area contributed by atoms with Crippen molar-refractivity contribution >= 4 is 35.8 Å². The second-order valence-corrected chi connectivity index (χ2v) is 10.8. The highest BCUT2D eigenvalue weighted by Gasteiger charge is 2.16. The van der Waals surface area contributed by atoms with Crippen LogP contribution in [-0.4, -0.2) is 23.6 Å². The average molecular weight is 635 g/mol. The first kappa shape index (κ1) is 32.8. The van der Waals surface area contributed by atoms with Gasteiger partial charge >= 0.3 is 0 Å². The van der Waals surface area contributed by atoms with Crippen molar-refractivity contribution < 1.29 is 19.2 Å². The number of carbonyl (C=O) groups excluding carboxylic acids is 4. The Balaban J connectivity index is 1.37. The summed E-state index contributed by atoms with van der Waals surface area (Å²) in [5.41, 5.74) is 4.06. The van der Waals surface area contributed by atoms with Crippen molar-refractivity contribution in [3.63, 3.8) is 0 Å². The van der Waals surface area contributed by atoms with Crippen molar-refractivity contribution in [1.82, 2.24) is 21.3 Å². The number of benzene rings is 5. The molecule has 0 aromatic heterocycles. The summed E-state index contributed by atoms with van der Waals surface area (Å²) >= 11 is 0. The highest BCUT2D eigenvalue weighted by molar-refractivity contribution is 6.06. The fourth-order valence-electron chi connectivity index (χ4n) is 4.65. The Labute approximate surface area is 279 Å². The van der Waals surface area contributed by atoms with Gasteiger partial charge in [-0.2, -0.15) is 0 Å². The van der Waals surface area contributed by atoms with Gasteiger partial charge in [0.25, 0.3) is 23.6 Å². The number of nitrogens with one attached hydrogen (secondary N) is 4. The monoisotopic (exact) mass is 634 g/mol. The van der Waals surface area contributed by atoms with Crippen LogP contribution in [0.15, 0.2) is 157 Å². The quantitative estimate of drug-likeness (QED) is 0.129. The van der Waals surface area contributed by atoms with Gasteiger partial charge in [-0.05, 0) is 58.7 Å². The van der Waals surface area contributed by atoms with E-state index < -0.39 is 23.6 Å². The lowest BCUT2D eigenvalue weighted by Gasteiger charge is -2.12. The Morgan fingerprint density at radius 1 is 0.417 bits per heavy atom. The summed E-state index contributed by atoms with van der Waals surface area (Å²) in [4.78, 5) is 52.5. The van der Waals surface area contributed by atoms with Crippen molar-refractivity contribution in [2.24, 2.45) is 0 Å². The van der Waals surface area contributed by atoms with E-state index in [4.69, 9.17) is 0 Å². The summed E-state index contributed by atoms with van der Waals surface area (Å²) in [5, 5.41) is 11.2. The highest BCUT2D eigenvalue weighted by atomic mass is 16.2. The molecule has 0 aliphatic heterocycles. The first-order valence-corrected chi connectivity index (χ1v) is 15.3. The van der Waals surface area contributed by atoms with E-state index >= 15 is 0 Å². The maximum Gasteiger partial charge on any atom is 0.268 e. The molecular weight excluding hydrogens is 600 g/mol. The van der Waals surface area contributed by atoms with Crippen LogP contribution in [0.25, 0.3) is 12.2 Å². The standard InChI is InChI=1S/C40H34N4O4/c45-37(33-17-9-3-10-18-33)43-35(39(47)41-27-31-13-5-1-6-14-31)25-29-21-23-30(24-22-29)26-36(44-38(46)34-19-11-4-12-20-34)40(48)42-28-32-15-7-2-8-16-32/h1-26H,27-28H2,(H,41,47)(H,42,48)(H,43,45)(H,44,46)/b35-25+,36-26+. The number of amides is 4. The van der Waals surface area contributed by atoms with Gasteiger partial charge in [-0.25, -0.2) is 0 Å². The van der Waals surface area contributed by atoms with Crippen LogP contribution in [0, 0.1) is 0 Å². The molecule has 48 heavy (non-hydrogen) atoms. The van der Waals surface area contributed by atoms with Crippen LogP contribution < -0.4 is 21.3 Å². The largest absolute Gasteiger partial charge is 0.347 e. The molecule has 238 valence electrons. The molecule has 5 aromatic rings. The van der Waals surface area contributed by atoms with Gasteiger partial charge in [0.2, 0.25) is 0 Å². The fraction of sp³-hybridized carbons (Fsp3) is 0.0500. The summed E-state index contributed by atoms with van der Waals surface area (Å²) in [7, 11) is 0. The van der Waals surface area contributed by atoms with Gasteiger partial charge in [0.15, 0.2) is 0 Å². The van der Waals surface area contributed by atoms with Crippen LogP contribution in [0.4, 0.5) is 0 Å². The molecule has 0 saturated heterocycles. The van der Waals surface area contributed by atoms with Crippen molar-refractivity contribution in [1.29, 1.82) is 0 Å². The van der Waals surface area contributed by atoms with Gasteiger partial charge < -0.3 is 21.3 Å². The minimum atomic E-state index is -0.451. The molecule has 0 aliphatic carbocycles. The summed E-state index contributed by atoms with van der Waals surface area (Å²) in [6.07, 6.45) is 3.17. The van der Waals surface area contributed by atoms with Gasteiger partial charge in [0.1, 0.15) is 11.4 Å². The smallest absolute Gasteiger partial charge is 0.268 e. The molecule has 8 nitrogen and oxygen atoms in total. The maximum atomic E-state index is 13.3. The fourth-order valence-corrected chi connectivity index (χ4v) is 4.65. The number of carbonyl (C=O) groups is 4. The third-order valence-corrected chi connectivity index (χ3v) is 7.21. The van der Waals surface area contributed by atoms with Crippen LogP contribution in [0.3, 0.4) is 0 Å². The Morgan fingerprint density at radius 2 is 0.729 bits per heavy atom. The summed E-state index contributed by atoms with van der Waals surface area (Å²) in [6, 6.07) is 43.2. The molecule has 0 atom stereocenters. The zero-order valence-electron chi connectivity index (χ0n) is 26.1. The minimum absolute atomic E-state index is 0.0687. The van der Waals surface area contributed by atoms with E-state index in [1.165, 1.54) is 0 Å². The number of hydrogen-bond acceptors (Lipinski definition) is 4. The van der Waals surface area contributed by atoms with Crippen LogP contribution >= 0.6 is 0 Å². The predicted octanol–water partition coefficient (Wildman–Crippen LogP) is 5.86. The molecule has 5 rings (SSSR count). The molecule has 0 aliphatic rings. The maximum absolute atomic E-state index is 13.3. The van der Waals surface area contributed by atoms with Gasteiger partial charge in [0.05, 0.1) is 0 Å². The molecule has 8 heteroatoms. The van der Waals surface area contributed by atoms with Crippen LogP contribution in [0.5, 0.6) is 0 Å². The van der Waals surface area contributed by atoms with Crippen molar-refractivity contribution in [3.8, 4) is 0 Å². The zero-order chi connectivity index (χ0) is 33.6. The minimum Gasteiger partial charge on any atom is -0.347 e. The molecule has 0 fully saturated rings. The molecule has 0 heterocycles. The van der Waals surface area contributed by atoms with Crippen LogP contribution in [0.1, 0.15) is 43.0 Å². The molecule has 5 aromatic carbocycles. The number of hydrogen-bond donors (Lipinski definition) is 4. The Morgan fingerprint density at radius 3 is 1.06 bits per heavy atom. The van der Waals surface area contributed by atoms with E-state index in [-0.39, 0.29) is 24.5 Å². The van der Waals surface area contributed by atoms with Crippen molar-refractivity contribution in [2.75, 3.05) is 0 Å². The molecule has 0 saturated carbocycles. The number of rotatable bonds is 12. The predicted molar refractivity (Wildman–Crippen MR) is 187 cm³/mol. The lowest BCUT2D eigenvalue weighted by molar-refractivity contribution is -0.118. The zero-order valence-corrected chi connectivity index (χ0v) is 26.1. The Bertz CT molecular complexity index is 1760. The second-order valence-electron chi connectivity index (χ2n) is 10.8. The van der Waals surface area contributed by atoms with Crippen molar-refractivity contribution in [2.45, 2.75) is 13.1 Å². The van der Waals surface area contributed by atoms with Gasteiger partial charge in [-0.3, -0.25) is 19.2 Å². The van der Waals surface area contributed by atoms with E-state index in [9.17, 15) is 19.2 Å². The molecule has 0 bridgehead atoms. The summed E-state index contributed by atoms with van der Waals surface area (Å²) in [5.74, 6) is -1.74. The van der Waals surface area contributed by atoms with Gasteiger partial charge in [-0.1, -0.05) is 121 Å². The van der Waals surface area contributed by atoms with E-state index in [1.807, 2.05) is 72.8 Å². The lowest BCUT2D eigenvalue weighted by Crippen LogP contribution is -2.34. The first-order chi connectivity index (χ1) is 23.4. The van der Waals surface area contributed by atoms with E-state index in [2.05, 4.69) is 21.3 Å². The molecule has 0 unspecified atom stereocenters. The third kappa shape index (κ3) is 9.73. The molecule has 4 N–H and O–H groups in total. The van der Waals surface area contributed by atoms with Gasteiger partial charge in [-0.15, -0.1) is 0 Å².